The number of aliphatic carboxylic acids is 5. The van der Waals surface area contributed by atoms with Crippen molar-refractivity contribution >= 4 is 29.8 Å². The fourth-order valence-corrected chi connectivity index (χ4v) is 1.70. The van der Waals surface area contributed by atoms with Gasteiger partial charge >= 0.3 is 29.8 Å². The van der Waals surface area contributed by atoms with E-state index in [0.29, 0.717) is 0 Å². The van der Waals surface area contributed by atoms with E-state index in [1.165, 1.54) is 0 Å². The number of hydrogen-bond donors (Lipinski definition) is 8. The highest BCUT2D eigenvalue weighted by atomic mass is 16.4. The van der Waals surface area contributed by atoms with Crippen LogP contribution in [0.4, 0.5) is 0 Å². The molecule has 0 aromatic carbocycles. The van der Waals surface area contributed by atoms with Gasteiger partial charge in [0.05, 0.1) is 0 Å². The molecule has 1 rings (SSSR count). The molecule has 0 aromatic rings. The van der Waals surface area contributed by atoms with Crippen molar-refractivity contribution in [3.8, 4) is 0 Å². The van der Waals surface area contributed by atoms with Crippen LogP contribution in [0.1, 0.15) is 38.5 Å². The van der Waals surface area contributed by atoms with Gasteiger partial charge in [0.15, 0.2) is 0 Å². The van der Waals surface area contributed by atoms with Crippen LogP contribution in [0, 0.1) is 0 Å². The summed E-state index contributed by atoms with van der Waals surface area (Å²) in [4.78, 5) is 49.9. The van der Waals surface area contributed by atoms with Gasteiger partial charge in [0, 0.05) is 12.8 Å². The summed E-state index contributed by atoms with van der Waals surface area (Å²) in [5.41, 5.74) is 10.0. The summed E-state index contributed by atoms with van der Waals surface area (Å²) >= 11 is 0. The Kier molecular flexibility index (Phi) is 15.0. The van der Waals surface area contributed by atoms with Crippen molar-refractivity contribution in [3.63, 3.8) is 0 Å². The largest absolute Gasteiger partial charge is 0.481 e. The number of carboxylic acid groups (broad SMARTS) is 5. The van der Waals surface area contributed by atoms with E-state index in [4.69, 9.17) is 37.0 Å². The van der Waals surface area contributed by atoms with E-state index >= 15 is 0 Å². The summed E-state index contributed by atoms with van der Waals surface area (Å²) in [5, 5.41) is 43.8. The Hall–Kier alpha value is -2.77. The third-order valence-corrected chi connectivity index (χ3v) is 3.33. The lowest BCUT2D eigenvalue weighted by Crippen LogP contribution is -2.30. The van der Waals surface area contributed by atoms with E-state index in [-0.39, 0.29) is 31.7 Å². The van der Waals surface area contributed by atoms with E-state index in [1.807, 2.05) is 0 Å². The lowest BCUT2D eigenvalue weighted by Gasteiger charge is -2.01. The first-order valence-corrected chi connectivity index (χ1v) is 8.25. The third-order valence-electron chi connectivity index (χ3n) is 3.33. The number of carboxylic acids is 5. The van der Waals surface area contributed by atoms with Crippen LogP contribution in [-0.4, -0.2) is 80.0 Å². The second-order valence-corrected chi connectivity index (χ2v) is 5.74. The van der Waals surface area contributed by atoms with Crippen LogP contribution in [0.15, 0.2) is 0 Å². The Labute approximate surface area is 160 Å². The third kappa shape index (κ3) is 16.7. The van der Waals surface area contributed by atoms with E-state index in [9.17, 15) is 24.0 Å². The maximum absolute atomic E-state index is 10.1. The number of hydrogen-bond acceptors (Lipinski definition) is 8. The minimum atomic E-state index is -1.17. The lowest BCUT2D eigenvalue weighted by molar-refractivity contribution is -0.141. The standard InChI is InChI=1S/2C5H9NO4.C5H9NO2/c2*6-3(5(9)10)1-2-4(7)8;7-5(8)4-2-1-3-6-4/h2*3H,1-2,6H2,(H,7,8)(H,9,10);4,6H,1-3H2,(H,7,8)/t;;4-/m..0/s1. The van der Waals surface area contributed by atoms with Crippen LogP contribution in [-0.2, 0) is 24.0 Å². The zero-order valence-electron chi connectivity index (χ0n) is 15.1. The predicted octanol–water partition coefficient (Wildman–Crippen LogP) is -1.65. The van der Waals surface area contributed by atoms with E-state index < -0.39 is 41.9 Å². The Balaban J connectivity index is 0. The predicted molar refractivity (Wildman–Crippen MR) is 93.6 cm³/mol. The number of nitrogens with two attached hydrogens (primary N) is 2. The molecular formula is C15H27N3O10. The highest BCUT2D eigenvalue weighted by Crippen LogP contribution is 2.03. The summed E-state index contributed by atoms with van der Waals surface area (Å²) in [6.45, 7) is 0.858. The molecule has 28 heavy (non-hydrogen) atoms. The molecule has 0 spiro atoms. The monoisotopic (exact) mass is 409 g/mol. The Morgan fingerprint density at radius 1 is 0.821 bits per heavy atom. The molecule has 1 aliphatic rings. The van der Waals surface area contributed by atoms with Crippen LogP contribution < -0.4 is 16.8 Å². The number of carbonyl (C=O) groups is 5. The second kappa shape index (κ2) is 15.3. The molecule has 13 heteroatoms. The van der Waals surface area contributed by atoms with Crippen molar-refractivity contribution in [2.24, 2.45) is 11.5 Å². The van der Waals surface area contributed by atoms with Gasteiger partial charge < -0.3 is 42.3 Å². The molecule has 0 amide bonds. The molecule has 1 heterocycles. The lowest BCUT2D eigenvalue weighted by atomic mass is 10.2. The minimum Gasteiger partial charge on any atom is -0.481 e. The molecule has 0 saturated carbocycles. The van der Waals surface area contributed by atoms with E-state index in [0.717, 1.165) is 19.4 Å². The zero-order chi connectivity index (χ0) is 22.3. The second-order valence-electron chi connectivity index (χ2n) is 5.74. The van der Waals surface area contributed by atoms with Crippen LogP contribution >= 0.6 is 0 Å². The van der Waals surface area contributed by atoms with Gasteiger partial charge in [-0.2, -0.15) is 0 Å². The molecule has 3 atom stereocenters. The molecule has 0 radical (unpaired) electrons. The minimum absolute atomic E-state index is 0.0231. The van der Waals surface area contributed by atoms with Crippen molar-refractivity contribution < 1.29 is 49.5 Å². The zero-order valence-corrected chi connectivity index (χ0v) is 15.1. The molecule has 0 aliphatic carbocycles. The van der Waals surface area contributed by atoms with Gasteiger partial charge in [0.25, 0.3) is 0 Å². The summed E-state index contributed by atoms with van der Waals surface area (Å²) in [6.07, 6.45) is 1.34. The fraction of sp³-hybridized carbons (Fsp3) is 0.667. The highest BCUT2D eigenvalue weighted by molar-refractivity contribution is 5.75. The van der Waals surface area contributed by atoms with Crippen molar-refractivity contribution in [1.29, 1.82) is 0 Å². The van der Waals surface area contributed by atoms with E-state index in [1.54, 1.807) is 0 Å². The molecule has 1 fully saturated rings. The first-order valence-electron chi connectivity index (χ1n) is 8.25. The van der Waals surface area contributed by atoms with Crippen LogP contribution in [0.5, 0.6) is 0 Å². The number of nitrogens with one attached hydrogen (secondary N) is 1. The van der Waals surface area contributed by atoms with Gasteiger partial charge in [-0.3, -0.25) is 24.0 Å². The molecule has 1 aliphatic heterocycles. The summed E-state index contributed by atoms with van der Waals surface area (Å²) in [7, 11) is 0. The van der Waals surface area contributed by atoms with Gasteiger partial charge in [0.1, 0.15) is 18.1 Å². The topological polar surface area (TPSA) is 251 Å². The quantitative estimate of drug-likeness (QED) is 0.213. The molecule has 0 aromatic heterocycles. The van der Waals surface area contributed by atoms with Gasteiger partial charge in [-0.05, 0) is 32.2 Å². The summed E-state index contributed by atoms with van der Waals surface area (Å²) in [6, 6.07) is -2.39. The van der Waals surface area contributed by atoms with Crippen molar-refractivity contribution in [1.82, 2.24) is 5.32 Å². The molecule has 2 unspecified atom stereocenters. The smallest absolute Gasteiger partial charge is 0.320 e. The van der Waals surface area contributed by atoms with Crippen LogP contribution in [0.2, 0.25) is 0 Å². The highest BCUT2D eigenvalue weighted by Gasteiger charge is 2.20. The van der Waals surface area contributed by atoms with Crippen molar-refractivity contribution in [2.75, 3.05) is 6.54 Å². The molecule has 162 valence electrons. The Morgan fingerprint density at radius 3 is 1.39 bits per heavy atom. The average molecular weight is 409 g/mol. The first-order chi connectivity index (χ1) is 12.9. The molecule has 1 saturated heterocycles. The van der Waals surface area contributed by atoms with E-state index in [2.05, 4.69) is 5.32 Å². The fourth-order valence-electron chi connectivity index (χ4n) is 1.70. The molecule has 13 nitrogen and oxygen atoms in total. The summed E-state index contributed by atoms with van der Waals surface area (Å²) < 4.78 is 0. The maximum atomic E-state index is 10.1. The van der Waals surface area contributed by atoms with Crippen LogP contribution in [0.3, 0.4) is 0 Å². The van der Waals surface area contributed by atoms with Crippen molar-refractivity contribution in [2.45, 2.75) is 56.7 Å². The maximum Gasteiger partial charge on any atom is 0.320 e. The Morgan fingerprint density at radius 2 is 1.21 bits per heavy atom. The Bertz CT molecular complexity index is 500. The first kappa shape index (κ1) is 27.4. The SMILES string of the molecule is NC(CCC(=O)O)C(=O)O.NC(CCC(=O)O)C(=O)O.O=C(O)[C@@H]1CCCN1. The summed E-state index contributed by atoms with van der Waals surface area (Å²) in [5.74, 6) is -5.11. The van der Waals surface area contributed by atoms with Gasteiger partial charge in [-0.1, -0.05) is 0 Å². The van der Waals surface area contributed by atoms with Gasteiger partial charge in [-0.25, -0.2) is 0 Å². The van der Waals surface area contributed by atoms with Gasteiger partial charge in [-0.15, -0.1) is 0 Å². The normalized spacial score (nSPS) is 17.0. The molecule has 0 bridgehead atoms. The average Bonchev–Trinajstić information content (AvgIpc) is 3.13. The molecule has 10 N–H and O–H groups in total. The van der Waals surface area contributed by atoms with Crippen LogP contribution in [0.25, 0.3) is 0 Å². The van der Waals surface area contributed by atoms with Gasteiger partial charge in [0.2, 0.25) is 0 Å². The van der Waals surface area contributed by atoms with Crippen molar-refractivity contribution in [3.05, 3.63) is 0 Å². The number of rotatable bonds is 9. The molecular weight excluding hydrogens is 382 g/mol.